The summed E-state index contributed by atoms with van der Waals surface area (Å²) in [4.78, 5) is 27.3. The van der Waals surface area contributed by atoms with E-state index >= 15 is 0 Å². The van der Waals surface area contributed by atoms with Crippen LogP contribution in [0.4, 0.5) is 0 Å². The summed E-state index contributed by atoms with van der Waals surface area (Å²) in [7, 11) is -4.75. The molecule has 1 aliphatic carbocycles. The number of hydrogen-bond donors (Lipinski definition) is 0. The Morgan fingerprint density at radius 2 is 0.737 bits per heavy atom. The molecule has 6 heteroatoms. The van der Waals surface area contributed by atoms with Crippen molar-refractivity contribution >= 4 is 28.2 Å². The first-order chi connectivity index (χ1) is 17.6. The van der Waals surface area contributed by atoms with Gasteiger partial charge in [-0.05, 0) is 45.4 Å². The van der Waals surface area contributed by atoms with Crippen molar-refractivity contribution in [3.05, 3.63) is 58.7 Å². The molecule has 3 rings (SSSR count). The maximum atomic E-state index is 13.7. The van der Waals surface area contributed by atoms with Gasteiger partial charge in [0.25, 0.3) is 16.6 Å². The largest absolute Gasteiger partial charge is 0.540 e. The minimum Gasteiger partial charge on any atom is -0.540 e. The maximum Gasteiger partial charge on any atom is 0.258 e. The molecule has 0 atom stereocenters. The van der Waals surface area contributed by atoms with E-state index in [1.165, 1.54) is 0 Å². The number of hydrogen-bond acceptors (Lipinski definition) is 4. The van der Waals surface area contributed by atoms with Gasteiger partial charge in [-0.25, -0.2) is 0 Å². The first kappa shape index (κ1) is 30.4. The number of ketones is 2. The highest BCUT2D eigenvalue weighted by Gasteiger charge is 2.50. The highest BCUT2D eigenvalue weighted by molar-refractivity contribution is 6.79. The molecule has 0 bridgehead atoms. The molecule has 2 aromatic rings. The summed E-state index contributed by atoms with van der Waals surface area (Å²) >= 11 is 0. The van der Waals surface area contributed by atoms with Crippen molar-refractivity contribution in [1.29, 1.82) is 0 Å². The lowest BCUT2D eigenvalue weighted by molar-refractivity contribution is 0.0978. The van der Waals surface area contributed by atoms with Gasteiger partial charge >= 0.3 is 0 Å². The molecule has 0 fully saturated rings. The predicted molar refractivity (Wildman–Crippen MR) is 163 cm³/mol. The van der Waals surface area contributed by atoms with Crippen LogP contribution in [0.3, 0.4) is 0 Å². The van der Waals surface area contributed by atoms with Crippen LogP contribution < -0.4 is 8.85 Å². The third kappa shape index (κ3) is 4.83. The molecule has 2 aromatic carbocycles. The van der Waals surface area contributed by atoms with E-state index in [4.69, 9.17) is 8.85 Å². The molecule has 0 aromatic heterocycles. The first-order valence-corrected chi connectivity index (χ1v) is 18.6. The minimum atomic E-state index is -2.37. The summed E-state index contributed by atoms with van der Waals surface area (Å²) in [6.07, 6.45) is 0. The van der Waals surface area contributed by atoms with Crippen LogP contribution >= 0.6 is 0 Å². The van der Waals surface area contributed by atoms with Crippen molar-refractivity contribution in [2.24, 2.45) is 0 Å². The van der Waals surface area contributed by atoms with Crippen molar-refractivity contribution in [2.45, 2.75) is 116 Å². The van der Waals surface area contributed by atoms with Gasteiger partial charge in [-0.3, -0.25) is 9.59 Å². The molecule has 0 saturated heterocycles. The maximum absolute atomic E-state index is 13.7. The first-order valence-electron chi connectivity index (χ1n) is 14.4. The Morgan fingerprint density at radius 1 is 0.474 bits per heavy atom. The van der Waals surface area contributed by atoms with Gasteiger partial charge in [0, 0.05) is 22.3 Å². The van der Waals surface area contributed by atoms with E-state index in [9.17, 15) is 9.59 Å². The average molecular weight is 553 g/mol. The Balaban J connectivity index is 2.34. The van der Waals surface area contributed by atoms with Crippen LogP contribution in [0, 0.1) is 0 Å². The fraction of sp³-hybridized carbons (Fsp3) is 0.562. The van der Waals surface area contributed by atoms with Gasteiger partial charge in [-0.15, -0.1) is 0 Å². The van der Waals surface area contributed by atoms with Gasteiger partial charge in [-0.1, -0.05) is 107 Å². The molecule has 0 unspecified atom stereocenters. The quantitative estimate of drug-likeness (QED) is 0.235. The van der Waals surface area contributed by atoms with Crippen molar-refractivity contribution in [2.75, 3.05) is 0 Å². The van der Waals surface area contributed by atoms with Crippen molar-refractivity contribution in [3.8, 4) is 11.5 Å². The van der Waals surface area contributed by atoms with Crippen LogP contribution in [0.15, 0.2) is 36.4 Å². The smallest absolute Gasteiger partial charge is 0.258 e. The van der Waals surface area contributed by atoms with Crippen molar-refractivity contribution < 1.29 is 18.4 Å². The summed E-state index contributed by atoms with van der Waals surface area (Å²) in [6, 6.07) is 10.8. The van der Waals surface area contributed by atoms with Gasteiger partial charge in [0.2, 0.25) is 0 Å². The number of carbonyl (C=O) groups excluding carboxylic acids is 2. The molecule has 0 aliphatic heterocycles. The second-order valence-electron chi connectivity index (χ2n) is 12.9. The molecule has 1 aliphatic rings. The lowest BCUT2D eigenvalue weighted by Gasteiger charge is -2.45. The van der Waals surface area contributed by atoms with E-state index < -0.39 is 16.6 Å². The lowest BCUT2D eigenvalue weighted by atomic mass is 9.84. The molecule has 38 heavy (non-hydrogen) atoms. The van der Waals surface area contributed by atoms with E-state index in [0.29, 0.717) is 67.0 Å². The van der Waals surface area contributed by atoms with Crippen LogP contribution in [0.1, 0.15) is 115 Å². The zero-order valence-corrected chi connectivity index (χ0v) is 27.6. The van der Waals surface area contributed by atoms with E-state index in [1.807, 2.05) is 24.3 Å². The van der Waals surface area contributed by atoms with E-state index in [2.05, 4.69) is 83.1 Å². The summed E-state index contributed by atoms with van der Waals surface area (Å²) < 4.78 is 14.4. The Kier molecular flexibility index (Phi) is 8.89. The number of benzene rings is 2. The van der Waals surface area contributed by atoms with Crippen molar-refractivity contribution in [1.82, 2.24) is 0 Å². The topological polar surface area (TPSA) is 52.6 Å². The summed E-state index contributed by atoms with van der Waals surface area (Å²) in [5, 5.41) is 0. The molecule has 0 heterocycles. The molecule has 208 valence electrons. The van der Waals surface area contributed by atoms with Crippen LogP contribution in [-0.2, 0) is 0 Å². The Hall–Kier alpha value is -2.19. The minimum absolute atomic E-state index is 0.127. The SMILES string of the molecule is CC(C)[Si](Oc1cc2c(cc1O[Si](C(C)C)(C(C)C)C(C)C)C(=O)c1ccccc1C2=O)(C(C)C)C(C)C. The standard InChI is InChI=1S/C32H48O4Si2/c1-19(2)37(20(3)4,21(5)6)35-29-17-27-28(32(34)26-16-14-13-15-25(26)31(27)33)18-30(29)36-38(22(7)8,23(9)10)24(11)12/h13-24H,1-12H3. The van der Waals surface area contributed by atoms with Gasteiger partial charge in [-0.2, -0.15) is 0 Å². The zero-order chi connectivity index (χ0) is 28.7. The van der Waals surface area contributed by atoms with E-state index in [1.54, 1.807) is 12.1 Å². The molecule has 0 spiro atoms. The number of fused-ring (bicyclic) bond motifs is 2. The van der Waals surface area contributed by atoms with E-state index in [0.717, 1.165) is 0 Å². The van der Waals surface area contributed by atoms with Crippen LogP contribution in [0.25, 0.3) is 0 Å². The van der Waals surface area contributed by atoms with Crippen LogP contribution in [0.2, 0.25) is 33.2 Å². The van der Waals surface area contributed by atoms with Gasteiger partial charge in [0.05, 0.1) is 0 Å². The van der Waals surface area contributed by atoms with Gasteiger partial charge < -0.3 is 8.85 Å². The second kappa shape index (κ2) is 11.1. The second-order valence-corrected chi connectivity index (χ2v) is 23.6. The highest BCUT2D eigenvalue weighted by Crippen LogP contribution is 2.49. The van der Waals surface area contributed by atoms with Crippen molar-refractivity contribution in [3.63, 3.8) is 0 Å². The predicted octanol–water partition coefficient (Wildman–Crippen LogP) is 9.57. The van der Waals surface area contributed by atoms with Gasteiger partial charge in [0.15, 0.2) is 11.6 Å². The Bertz CT molecular complexity index is 1060. The molecule has 0 radical (unpaired) electrons. The normalized spacial score (nSPS) is 14.3. The molecular formula is C32H48O4Si2. The molecule has 0 amide bonds. The highest BCUT2D eigenvalue weighted by atomic mass is 28.4. The fourth-order valence-electron chi connectivity index (χ4n) is 7.35. The zero-order valence-electron chi connectivity index (χ0n) is 25.6. The third-order valence-electron chi connectivity index (χ3n) is 8.98. The average Bonchev–Trinajstić information content (AvgIpc) is 2.82. The van der Waals surface area contributed by atoms with E-state index in [-0.39, 0.29) is 11.6 Å². The molecule has 0 N–H and O–H groups in total. The Morgan fingerprint density at radius 3 is 0.974 bits per heavy atom. The summed E-state index contributed by atoms with van der Waals surface area (Å²) in [5.74, 6) is 1.01. The van der Waals surface area contributed by atoms with Crippen LogP contribution in [-0.4, -0.2) is 28.2 Å². The lowest BCUT2D eigenvalue weighted by Crippen LogP contribution is -2.52. The monoisotopic (exact) mass is 552 g/mol. The summed E-state index contributed by atoms with van der Waals surface area (Å²) in [5.41, 5.74) is 3.87. The number of carbonyl (C=O) groups is 2. The Labute approximate surface area is 232 Å². The molecular weight excluding hydrogens is 505 g/mol. The molecule has 4 nitrogen and oxygen atoms in total. The summed E-state index contributed by atoms with van der Waals surface area (Å²) in [6.45, 7) is 27.1. The number of rotatable bonds is 10. The van der Waals surface area contributed by atoms with Crippen LogP contribution in [0.5, 0.6) is 11.5 Å². The fourth-order valence-corrected chi connectivity index (χ4v) is 17.8. The third-order valence-corrected chi connectivity index (χ3v) is 21.0. The van der Waals surface area contributed by atoms with Gasteiger partial charge in [0.1, 0.15) is 11.5 Å². The molecule has 0 saturated carbocycles.